The third-order valence-electron chi connectivity index (χ3n) is 3.79. The van der Waals surface area contributed by atoms with Crippen molar-refractivity contribution in [1.82, 2.24) is 25.0 Å². The molecule has 0 fully saturated rings. The van der Waals surface area contributed by atoms with Crippen LogP contribution in [0.2, 0.25) is 0 Å². The van der Waals surface area contributed by atoms with Crippen molar-refractivity contribution in [3.8, 4) is 5.75 Å². The van der Waals surface area contributed by atoms with Crippen LogP contribution in [0.4, 0.5) is 4.79 Å². The van der Waals surface area contributed by atoms with Crippen molar-refractivity contribution in [3.63, 3.8) is 0 Å². The molecule has 1 aromatic heterocycles. The highest BCUT2D eigenvalue weighted by atomic mass is 16.5. The van der Waals surface area contributed by atoms with Gasteiger partial charge in [0.1, 0.15) is 24.5 Å². The predicted octanol–water partition coefficient (Wildman–Crippen LogP) is 2.04. The SMILES string of the molecule is Cc1cccc(C)c1OC[C@@H](C)NC(=O)N(C)Cc1ncnn1C. The van der Waals surface area contributed by atoms with Gasteiger partial charge >= 0.3 is 6.03 Å². The molecule has 7 heteroatoms. The highest BCUT2D eigenvalue weighted by molar-refractivity contribution is 5.74. The lowest BCUT2D eigenvalue weighted by Crippen LogP contribution is -2.44. The van der Waals surface area contributed by atoms with Crippen molar-refractivity contribution in [2.24, 2.45) is 7.05 Å². The van der Waals surface area contributed by atoms with Gasteiger partial charge in [-0.2, -0.15) is 5.10 Å². The molecule has 0 radical (unpaired) electrons. The van der Waals surface area contributed by atoms with E-state index in [1.807, 2.05) is 39.0 Å². The molecule has 130 valence electrons. The summed E-state index contributed by atoms with van der Waals surface area (Å²) in [5, 5.41) is 6.92. The minimum Gasteiger partial charge on any atom is -0.491 e. The average molecular weight is 331 g/mol. The van der Waals surface area contributed by atoms with Crippen molar-refractivity contribution >= 4 is 6.03 Å². The topological polar surface area (TPSA) is 72.3 Å². The number of hydrogen-bond acceptors (Lipinski definition) is 4. The van der Waals surface area contributed by atoms with Crippen molar-refractivity contribution in [3.05, 3.63) is 41.5 Å². The molecule has 1 aromatic carbocycles. The summed E-state index contributed by atoms with van der Waals surface area (Å²) in [6.07, 6.45) is 1.47. The van der Waals surface area contributed by atoms with Gasteiger partial charge in [0.15, 0.2) is 0 Å². The minimum atomic E-state index is -0.171. The largest absolute Gasteiger partial charge is 0.491 e. The van der Waals surface area contributed by atoms with Crippen LogP contribution in [-0.4, -0.2) is 45.4 Å². The number of carbonyl (C=O) groups excluding carboxylic acids is 1. The van der Waals surface area contributed by atoms with Gasteiger partial charge in [0.25, 0.3) is 0 Å². The summed E-state index contributed by atoms with van der Waals surface area (Å²) < 4.78 is 7.53. The normalized spacial score (nSPS) is 11.9. The molecule has 1 N–H and O–H groups in total. The number of urea groups is 1. The van der Waals surface area contributed by atoms with Crippen LogP contribution in [0.15, 0.2) is 24.5 Å². The fourth-order valence-corrected chi connectivity index (χ4v) is 2.35. The number of nitrogens with one attached hydrogen (secondary N) is 1. The molecule has 0 aliphatic carbocycles. The van der Waals surface area contributed by atoms with Crippen LogP contribution in [0.1, 0.15) is 23.9 Å². The van der Waals surface area contributed by atoms with Gasteiger partial charge in [-0.3, -0.25) is 4.68 Å². The van der Waals surface area contributed by atoms with Crippen molar-refractivity contribution in [1.29, 1.82) is 0 Å². The van der Waals surface area contributed by atoms with E-state index in [-0.39, 0.29) is 12.1 Å². The van der Waals surface area contributed by atoms with Gasteiger partial charge in [0, 0.05) is 14.1 Å². The predicted molar refractivity (Wildman–Crippen MR) is 91.9 cm³/mol. The lowest BCUT2D eigenvalue weighted by atomic mass is 10.1. The zero-order valence-corrected chi connectivity index (χ0v) is 14.9. The third kappa shape index (κ3) is 4.47. The Morgan fingerprint density at radius 1 is 1.38 bits per heavy atom. The number of aryl methyl sites for hydroxylation is 3. The number of nitrogens with zero attached hydrogens (tertiary/aromatic N) is 4. The van der Waals surface area contributed by atoms with Gasteiger partial charge in [0.2, 0.25) is 0 Å². The zero-order chi connectivity index (χ0) is 17.7. The molecule has 7 nitrogen and oxygen atoms in total. The fourth-order valence-electron chi connectivity index (χ4n) is 2.35. The van der Waals surface area contributed by atoms with E-state index in [0.717, 1.165) is 22.7 Å². The standard InChI is InChI=1S/C17H25N5O2/c1-12-7-6-8-13(2)16(12)24-10-14(3)20-17(23)21(4)9-15-18-11-19-22(15)5/h6-8,11,14H,9-10H2,1-5H3,(H,20,23)/t14-/m1/s1. The minimum absolute atomic E-state index is 0.113. The summed E-state index contributed by atoms with van der Waals surface area (Å²) in [6, 6.07) is 5.75. The highest BCUT2D eigenvalue weighted by Gasteiger charge is 2.15. The smallest absolute Gasteiger partial charge is 0.317 e. The molecule has 0 spiro atoms. The number of amides is 2. The lowest BCUT2D eigenvalue weighted by molar-refractivity contribution is 0.193. The van der Waals surface area contributed by atoms with Crippen LogP contribution in [0.5, 0.6) is 5.75 Å². The molecule has 1 heterocycles. The second kappa shape index (κ2) is 7.81. The number of ether oxygens (including phenoxy) is 1. The summed E-state index contributed by atoms with van der Waals surface area (Å²) in [4.78, 5) is 17.9. The van der Waals surface area contributed by atoms with Gasteiger partial charge in [-0.15, -0.1) is 0 Å². The second-order valence-electron chi connectivity index (χ2n) is 6.04. The van der Waals surface area contributed by atoms with E-state index < -0.39 is 0 Å². The lowest BCUT2D eigenvalue weighted by Gasteiger charge is -2.22. The first kappa shape index (κ1) is 17.8. The molecule has 0 unspecified atom stereocenters. The highest BCUT2D eigenvalue weighted by Crippen LogP contribution is 2.22. The average Bonchev–Trinajstić information content (AvgIpc) is 2.91. The molecule has 0 bridgehead atoms. The molecule has 2 rings (SSSR count). The number of hydrogen-bond donors (Lipinski definition) is 1. The van der Waals surface area contributed by atoms with E-state index in [9.17, 15) is 4.79 Å². The first-order valence-corrected chi connectivity index (χ1v) is 7.92. The van der Waals surface area contributed by atoms with Gasteiger partial charge in [-0.1, -0.05) is 18.2 Å². The Morgan fingerprint density at radius 3 is 2.62 bits per heavy atom. The summed E-state index contributed by atoms with van der Waals surface area (Å²) in [5.74, 6) is 1.61. The third-order valence-corrected chi connectivity index (χ3v) is 3.79. The Bertz CT molecular complexity index is 678. The van der Waals surface area contributed by atoms with Crippen molar-refractivity contribution < 1.29 is 9.53 Å². The Kier molecular flexibility index (Phi) is 5.78. The molecule has 0 saturated carbocycles. The first-order valence-electron chi connectivity index (χ1n) is 7.92. The number of benzene rings is 1. The summed E-state index contributed by atoms with van der Waals surface area (Å²) in [7, 11) is 3.53. The maximum atomic E-state index is 12.2. The molecule has 1 atom stereocenters. The second-order valence-corrected chi connectivity index (χ2v) is 6.04. The molecule has 0 aliphatic heterocycles. The number of carbonyl (C=O) groups is 1. The zero-order valence-electron chi connectivity index (χ0n) is 14.9. The fraction of sp³-hybridized carbons (Fsp3) is 0.471. The van der Waals surface area contributed by atoms with Gasteiger partial charge in [-0.25, -0.2) is 9.78 Å². The maximum absolute atomic E-state index is 12.2. The van der Waals surface area contributed by atoms with E-state index >= 15 is 0 Å². The van der Waals surface area contributed by atoms with E-state index in [1.54, 1.807) is 23.7 Å². The maximum Gasteiger partial charge on any atom is 0.317 e. The van der Waals surface area contributed by atoms with Crippen LogP contribution in [0, 0.1) is 13.8 Å². The van der Waals surface area contributed by atoms with Gasteiger partial charge in [0.05, 0.1) is 12.6 Å². The van der Waals surface area contributed by atoms with E-state index in [4.69, 9.17) is 4.74 Å². The van der Waals surface area contributed by atoms with E-state index in [0.29, 0.717) is 13.2 Å². The Labute approximate surface area is 142 Å². The number of aromatic nitrogens is 3. The summed E-state index contributed by atoms with van der Waals surface area (Å²) in [6.45, 7) is 6.75. The van der Waals surface area contributed by atoms with Crippen molar-refractivity contribution in [2.75, 3.05) is 13.7 Å². The molecule has 24 heavy (non-hydrogen) atoms. The van der Waals surface area contributed by atoms with Gasteiger partial charge < -0.3 is 15.0 Å². The summed E-state index contributed by atoms with van der Waals surface area (Å²) >= 11 is 0. The molecule has 2 amide bonds. The molecule has 0 aliphatic rings. The quantitative estimate of drug-likeness (QED) is 0.879. The Balaban J connectivity index is 1.84. The number of rotatable bonds is 6. The van der Waals surface area contributed by atoms with Crippen LogP contribution < -0.4 is 10.1 Å². The van der Waals surface area contributed by atoms with E-state index in [2.05, 4.69) is 15.4 Å². The Morgan fingerprint density at radius 2 is 2.04 bits per heavy atom. The van der Waals surface area contributed by atoms with Crippen LogP contribution in [0.3, 0.4) is 0 Å². The molecular formula is C17H25N5O2. The van der Waals surface area contributed by atoms with Gasteiger partial charge in [-0.05, 0) is 31.9 Å². The van der Waals surface area contributed by atoms with Crippen LogP contribution >= 0.6 is 0 Å². The monoisotopic (exact) mass is 331 g/mol. The van der Waals surface area contributed by atoms with Crippen LogP contribution in [0.25, 0.3) is 0 Å². The molecule has 2 aromatic rings. The first-order chi connectivity index (χ1) is 11.4. The summed E-state index contributed by atoms with van der Waals surface area (Å²) in [5.41, 5.74) is 2.18. The molecular weight excluding hydrogens is 306 g/mol. The van der Waals surface area contributed by atoms with Crippen LogP contribution in [-0.2, 0) is 13.6 Å². The van der Waals surface area contributed by atoms with E-state index in [1.165, 1.54) is 6.33 Å². The number of para-hydroxylation sites is 1. The Hall–Kier alpha value is -2.57. The molecule has 0 saturated heterocycles. The van der Waals surface area contributed by atoms with Crippen molar-refractivity contribution in [2.45, 2.75) is 33.4 Å².